The van der Waals surface area contributed by atoms with E-state index in [0.29, 0.717) is 0 Å². The molecule has 7 heteroatoms. The zero-order chi connectivity index (χ0) is 20.3. The predicted octanol–water partition coefficient (Wildman–Crippen LogP) is 7.59. The van der Waals surface area contributed by atoms with Crippen molar-refractivity contribution in [3.05, 3.63) is 60.7 Å². The van der Waals surface area contributed by atoms with Crippen LogP contribution in [0, 0.1) is 0 Å². The van der Waals surface area contributed by atoms with Crippen LogP contribution < -0.4 is 0 Å². The van der Waals surface area contributed by atoms with E-state index in [-0.39, 0.29) is 16.2 Å². The summed E-state index contributed by atoms with van der Waals surface area (Å²) in [4.78, 5) is 0.326. The predicted molar refractivity (Wildman–Crippen MR) is 97.3 cm³/mol. The van der Waals surface area contributed by atoms with Crippen LogP contribution in [0.5, 0.6) is 0 Å². The van der Waals surface area contributed by atoms with Crippen LogP contribution in [0.3, 0.4) is 0 Å². The summed E-state index contributed by atoms with van der Waals surface area (Å²) in [6.45, 7) is 1.31. The van der Waals surface area contributed by atoms with Crippen molar-refractivity contribution in [1.82, 2.24) is 0 Å². The first-order valence-corrected chi connectivity index (χ1v) is 10.5. The van der Waals surface area contributed by atoms with Crippen molar-refractivity contribution in [2.45, 2.75) is 53.1 Å². The first-order valence-electron chi connectivity index (χ1n) is 8.49. The number of hydrogen-bond acceptors (Lipinski definition) is 0. The molecule has 0 aliphatic rings. The maximum atomic E-state index is 15.3. The molecule has 27 heavy (non-hydrogen) atoms. The molecule has 0 radical (unpaired) electrons. The van der Waals surface area contributed by atoms with E-state index in [1.807, 2.05) is 0 Å². The van der Waals surface area contributed by atoms with Crippen molar-refractivity contribution in [3.63, 3.8) is 0 Å². The Morgan fingerprint density at radius 3 is 1.48 bits per heavy atom. The van der Waals surface area contributed by atoms with Gasteiger partial charge in [0.25, 0.3) is 5.25 Å². The smallest absolute Gasteiger partial charge is 0.200 e. The highest BCUT2D eigenvalue weighted by Crippen LogP contribution is 2.72. The average molecular weight is 408 g/mol. The number of hydrogen-bond donors (Lipinski definition) is 0. The summed E-state index contributed by atoms with van der Waals surface area (Å²) in [6.07, 6.45) is -2.37. The maximum Gasteiger partial charge on any atom is 0.316 e. The van der Waals surface area contributed by atoms with Crippen LogP contribution in [-0.4, -0.2) is 23.4 Å². The van der Waals surface area contributed by atoms with Crippen molar-refractivity contribution in [2.75, 3.05) is 6.26 Å². The summed E-state index contributed by atoms with van der Waals surface area (Å²) >= 11 is 0. The molecular weight excluding hydrogens is 386 g/mol. The van der Waals surface area contributed by atoms with Crippen LogP contribution in [-0.2, 0) is 0 Å². The Labute approximate surface area is 156 Å². The summed E-state index contributed by atoms with van der Waals surface area (Å²) in [5.74, 6) is -9.30. The number of benzene rings is 2. The monoisotopic (exact) mass is 408 g/mol. The van der Waals surface area contributed by atoms with Crippen LogP contribution in [0.4, 0.5) is 26.3 Å². The van der Waals surface area contributed by atoms with Gasteiger partial charge in [-0.25, -0.2) is 0 Å². The second-order valence-corrected chi connectivity index (χ2v) is 9.89. The van der Waals surface area contributed by atoms with Gasteiger partial charge in [-0.05, 0) is 40.3 Å². The summed E-state index contributed by atoms with van der Waals surface area (Å²) in [5, 5.41) is -4.05. The molecule has 0 spiro atoms. The van der Waals surface area contributed by atoms with Crippen molar-refractivity contribution in [3.8, 4) is 0 Å². The number of halogens is 6. The molecule has 0 atom stereocenters. The summed E-state index contributed by atoms with van der Waals surface area (Å²) in [7, 11) is -3.33. The lowest BCUT2D eigenvalue weighted by atomic mass is 10.0. The molecule has 2 aromatic carbocycles. The first kappa shape index (κ1) is 21.7. The fraction of sp³-hybridized carbons (Fsp3) is 0.400. The molecular formula is C20H22F6S. The van der Waals surface area contributed by atoms with E-state index in [4.69, 9.17) is 0 Å². The largest absolute Gasteiger partial charge is 0.316 e. The van der Waals surface area contributed by atoms with E-state index in [0.717, 1.165) is 0 Å². The number of alkyl halides is 6. The summed E-state index contributed by atoms with van der Waals surface area (Å²) < 4.78 is 86.8. The molecule has 2 aromatic rings. The van der Waals surface area contributed by atoms with Crippen LogP contribution in [0.1, 0.15) is 26.2 Å². The SMILES string of the molecule is CCCC(F)(F)C(F)(F)CC(F)(F)S(C)(c1ccccc1)c1ccccc1. The lowest BCUT2D eigenvalue weighted by molar-refractivity contribution is -0.230. The van der Waals surface area contributed by atoms with Crippen molar-refractivity contribution in [2.24, 2.45) is 0 Å². The van der Waals surface area contributed by atoms with E-state index >= 15 is 8.78 Å². The highest BCUT2D eigenvalue weighted by atomic mass is 32.3. The third-order valence-corrected chi connectivity index (χ3v) is 8.32. The van der Waals surface area contributed by atoms with Gasteiger partial charge in [0, 0.05) is 6.42 Å². The fourth-order valence-corrected chi connectivity index (χ4v) is 5.73. The highest BCUT2D eigenvalue weighted by molar-refractivity contribution is 8.34. The van der Waals surface area contributed by atoms with Gasteiger partial charge in [0.15, 0.2) is 0 Å². The van der Waals surface area contributed by atoms with E-state index in [9.17, 15) is 17.6 Å². The molecule has 0 aromatic heterocycles. The summed E-state index contributed by atoms with van der Waals surface area (Å²) in [5.41, 5.74) is 0. The van der Waals surface area contributed by atoms with Gasteiger partial charge >= 0.3 is 11.8 Å². The Morgan fingerprint density at radius 1 is 0.704 bits per heavy atom. The Kier molecular flexibility index (Phi) is 6.24. The van der Waals surface area contributed by atoms with Crippen molar-refractivity contribution >= 4 is 10.0 Å². The fourth-order valence-electron chi connectivity index (χ4n) is 2.90. The molecule has 0 saturated carbocycles. The lowest BCUT2D eigenvalue weighted by Crippen LogP contribution is -2.45. The maximum absolute atomic E-state index is 15.3. The Morgan fingerprint density at radius 2 is 1.11 bits per heavy atom. The molecule has 0 heterocycles. The summed E-state index contributed by atoms with van der Waals surface area (Å²) in [6, 6.07) is 15.1. The van der Waals surface area contributed by atoms with Crippen LogP contribution >= 0.6 is 10.0 Å². The number of rotatable bonds is 8. The van der Waals surface area contributed by atoms with E-state index in [1.165, 1.54) is 61.7 Å². The molecule has 0 nitrogen and oxygen atoms in total. The van der Waals surface area contributed by atoms with Gasteiger partial charge in [-0.2, -0.15) is 26.3 Å². The van der Waals surface area contributed by atoms with Gasteiger partial charge in [-0.15, -0.1) is 10.0 Å². The van der Waals surface area contributed by atoms with Crippen molar-refractivity contribution in [1.29, 1.82) is 0 Å². The molecule has 2 rings (SSSR count). The standard InChI is InChI=1S/C20H22F6S/c1-3-14-18(21,22)19(23,24)15-20(25,26)27(2,16-10-6-4-7-11-16)17-12-8-5-9-13-17/h4-13H,3,14-15H2,1-2H3. The van der Waals surface area contributed by atoms with Gasteiger partial charge in [0.2, 0.25) is 0 Å². The van der Waals surface area contributed by atoms with E-state index < -0.39 is 40.0 Å². The van der Waals surface area contributed by atoms with Gasteiger partial charge in [-0.1, -0.05) is 49.7 Å². The normalized spacial score (nSPS) is 14.2. The molecule has 0 fully saturated rings. The zero-order valence-corrected chi connectivity index (χ0v) is 15.9. The minimum absolute atomic E-state index is 0.163. The molecule has 0 saturated heterocycles. The van der Waals surface area contributed by atoms with E-state index in [2.05, 4.69) is 0 Å². The zero-order valence-electron chi connectivity index (χ0n) is 15.1. The first-order chi connectivity index (χ1) is 12.5. The Bertz CT molecular complexity index is 691. The average Bonchev–Trinajstić information content (AvgIpc) is 2.61. The van der Waals surface area contributed by atoms with Crippen LogP contribution in [0.2, 0.25) is 0 Å². The topological polar surface area (TPSA) is 0 Å². The van der Waals surface area contributed by atoms with Gasteiger partial charge in [0.05, 0.1) is 6.42 Å². The second-order valence-electron chi connectivity index (χ2n) is 6.52. The Balaban J connectivity index is 2.55. The van der Waals surface area contributed by atoms with Gasteiger partial charge in [0.1, 0.15) is 0 Å². The van der Waals surface area contributed by atoms with Gasteiger partial charge < -0.3 is 0 Å². The molecule has 150 valence electrons. The minimum atomic E-state index is -4.82. The third kappa shape index (κ3) is 4.13. The van der Waals surface area contributed by atoms with Crippen molar-refractivity contribution < 1.29 is 26.3 Å². The Hall–Kier alpha value is -1.63. The molecule has 0 aliphatic carbocycles. The quantitative estimate of drug-likeness (QED) is 0.395. The molecule has 0 aliphatic heterocycles. The highest BCUT2D eigenvalue weighted by Gasteiger charge is 2.63. The molecule has 0 bridgehead atoms. The van der Waals surface area contributed by atoms with Gasteiger partial charge in [-0.3, -0.25) is 0 Å². The third-order valence-electron chi connectivity index (χ3n) is 4.55. The van der Waals surface area contributed by atoms with Crippen LogP contribution in [0.15, 0.2) is 70.5 Å². The lowest BCUT2D eigenvalue weighted by Gasteiger charge is -2.45. The van der Waals surface area contributed by atoms with E-state index in [1.54, 1.807) is 12.1 Å². The molecule has 0 N–H and O–H groups in total. The second kappa shape index (κ2) is 7.78. The molecule has 0 unspecified atom stereocenters. The van der Waals surface area contributed by atoms with Crippen LogP contribution in [0.25, 0.3) is 0 Å². The molecule has 0 amide bonds. The minimum Gasteiger partial charge on any atom is -0.200 e.